The number of rotatable bonds is 5. The molecule has 1 amide bonds. The molecular weight excluding hydrogens is 338 g/mol. The summed E-state index contributed by atoms with van der Waals surface area (Å²) in [4.78, 5) is 24.2. The van der Waals surface area contributed by atoms with Crippen molar-refractivity contribution in [2.75, 3.05) is 32.2 Å². The zero-order valence-electron chi connectivity index (χ0n) is 14.5. The summed E-state index contributed by atoms with van der Waals surface area (Å²) >= 11 is 0. The Morgan fingerprint density at radius 2 is 1.85 bits per heavy atom. The standard InChI is InChI=1S/C19H19NO6/c1-12-9-14(23-2)4-5-15(12)19(22)26-11-18(21)20-13-3-6-16-17(10-13)25-8-7-24-16/h3-6,9-10H,7-8,11H2,1-2H3,(H,20,21). The zero-order valence-corrected chi connectivity index (χ0v) is 14.5. The van der Waals surface area contributed by atoms with Gasteiger partial charge >= 0.3 is 5.97 Å². The minimum Gasteiger partial charge on any atom is -0.497 e. The number of aryl methyl sites for hydroxylation is 1. The van der Waals surface area contributed by atoms with Gasteiger partial charge in [-0.3, -0.25) is 4.79 Å². The van der Waals surface area contributed by atoms with Crippen molar-refractivity contribution in [3.63, 3.8) is 0 Å². The largest absolute Gasteiger partial charge is 0.497 e. The maximum absolute atomic E-state index is 12.1. The van der Waals surface area contributed by atoms with E-state index in [2.05, 4.69) is 5.32 Å². The van der Waals surface area contributed by atoms with Gasteiger partial charge in [-0.15, -0.1) is 0 Å². The molecule has 0 radical (unpaired) electrons. The topological polar surface area (TPSA) is 83.1 Å². The first-order chi connectivity index (χ1) is 12.6. The second-order valence-corrected chi connectivity index (χ2v) is 5.66. The molecule has 1 heterocycles. The summed E-state index contributed by atoms with van der Waals surface area (Å²) in [6, 6.07) is 10.1. The quantitative estimate of drug-likeness (QED) is 0.828. The third-order valence-electron chi connectivity index (χ3n) is 3.81. The number of nitrogens with one attached hydrogen (secondary N) is 1. The van der Waals surface area contributed by atoms with Crippen LogP contribution in [0.1, 0.15) is 15.9 Å². The number of hydrogen-bond acceptors (Lipinski definition) is 6. The number of methoxy groups -OCH3 is 1. The minimum atomic E-state index is -0.567. The Morgan fingerprint density at radius 1 is 1.08 bits per heavy atom. The van der Waals surface area contributed by atoms with Crippen molar-refractivity contribution in [2.24, 2.45) is 0 Å². The van der Waals surface area contributed by atoms with Crippen molar-refractivity contribution in [1.29, 1.82) is 0 Å². The molecule has 1 aliphatic heterocycles. The molecule has 0 spiro atoms. The summed E-state index contributed by atoms with van der Waals surface area (Å²) < 4.78 is 21.1. The van der Waals surface area contributed by atoms with Gasteiger partial charge in [-0.2, -0.15) is 0 Å². The molecular formula is C19H19NO6. The van der Waals surface area contributed by atoms with E-state index in [9.17, 15) is 9.59 Å². The van der Waals surface area contributed by atoms with Crippen molar-refractivity contribution in [3.05, 3.63) is 47.5 Å². The normalized spacial score (nSPS) is 12.2. The lowest BCUT2D eigenvalue weighted by molar-refractivity contribution is -0.119. The fraction of sp³-hybridized carbons (Fsp3) is 0.263. The molecule has 2 aromatic rings. The maximum Gasteiger partial charge on any atom is 0.338 e. The van der Waals surface area contributed by atoms with Gasteiger partial charge < -0.3 is 24.3 Å². The van der Waals surface area contributed by atoms with Crippen LogP contribution in [-0.2, 0) is 9.53 Å². The van der Waals surface area contributed by atoms with E-state index < -0.39 is 18.5 Å². The molecule has 1 N–H and O–H groups in total. The molecule has 136 valence electrons. The van der Waals surface area contributed by atoms with E-state index in [0.717, 1.165) is 0 Å². The van der Waals surface area contributed by atoms with Gasteiger partial charge in [0.2, 0.25) is 0 Å². The molecule has 26 heavy (non-hydrogen) atoms. The number of amides is 1. The van der Waals surface area contributed by atoms with Crippen molar-refractivity contribution >= 4 is 17.6 Å². The predicted octanol–water partition coefficient (Wildman–Crippen LogP) is 2.57. The number of ether oxygens (including phenoxy) is 4. The molecule has 0 saturated heterocycles. The van der Waals surface area contributed by atoms with Crippen LogP contribution in [0.4, 0.5) is 5.69 Å². The Kier molecular flexibility index (Phi) is 5.26. The summed E-state index contributed by atoms with van der Waals surface area (Å²) in [5, 5.41) is 2.66. The van der Waals surface area contributed by atoms with Crippen LogP contribution in [0.5, 0.6) is 17.2 Å². The molecule has 0 fully saturated rings. The third-order valence-corrected chi connectivity index (χ3v) is 3.81. The summed E-state index contributed by atoms with van der Waals surface area (Å²) in [6.07, 6.45) is 0. The van der Waals surface area contributed by atoms with Crippen molar-refractivity contribution < 1.29 is 28.5 Å². The average molecular weight is 357 g/mol. The van der Waals surface area contributed by atoms with Gasteiger partial charge in [0, 0.05) is 11.8 Å². The first kappa shape index (κ1) is 17.6. The number of esters is 1. The summed E-state index contributed by atoms with van der Waals surface area (Å²) in [7, 11) is 1.55. The van der Waals surface area contributed by atoms with Crippen LogP contribution in [0.15, 0.2) is 36.4 Å². The number of fused-ring (bicyclic) bond motifs is 1. The Labute approximate surface area is 150 Å². The Morgan fingerprint density at radius 3 is 2.58 bits per heavy atom. The van der Waals surface area contributed by atoms with Crippen molar-refractivity contribution in [3.8, 4) is 17.2 Å². The lowest BCUT2D eigenvalue weighted by atomic mass is 10.1. The van der Waals surface area contributed by atoms with Crippen LogP contribution in [0.25, 0.3) is 0 Å². The first-order valence-corrected chi connectivity index (χ1v) is 8.08. The van der Waals surface area contributed by atoms with Crippen LogP contribution in [0.3, 0.4) is 0 Å². The molecule has 1 aliphatic rings. The first-order valence-electron chi connectivity index (χ1n) is 8.08. The predicted molar refractivity (Wildman–Crippen MR) is 94.1 cm³/mol. The van der Waals surface area contributed by atoms with E-state index in [1.165, 1.54) is 0 Å². The highest BCUT2D eigenvalue weighted by atomic mass is 16.6. The molecule has 0 saturated carbocycles. The lowest BCUT2D eigenvalue weighted by Gasteiger charge is -2.19. The van der Waals surface area contributed by atoms with E-state index in [1.54, 1.807) is 50.4 Å². The number of carbonyl (C=O) groups is 2. The molecule has 3 rings (SSSR count). The van der Waals surface area contributed by atoms with Gasteiger partial charge in [-0.25, -0.2) is 4.79 Å². The highest BCUT2D eigenvalue weighted by Gasteiger charge is 2.15. The Bertz CT molecular complexity index is 833. The smallest absolute Gasteiger partial charge is 0.338 e. The van der Waals surface area contributed by atoms with Crippen LogP contribution in [0.2, 0.25) is 0 Å². The molecule has 7 heteroatoms. The molecule has 0 aromatic heterocycles. The molecule has 0 bridgehead atoms. The van der Waals surface area contributed by atoms with Crippen LogP contribution < -0.4 is 19.5 Å². The summed E-state index contributed by atoms with van der Waals surface area (Å²) in [5.74, 6) is 0.842. The van der Waals surface area contributed by atoms with E-state index in [0.29, 0.717) is 47.3 Å². The summed E-state index contributed by atoms with van der Waals surface area (Å²) in [5.41, 5.74) is 1.63. The van der Waals surface area contributed by atoms with Crippen molar-refractivity contribution in [2.45, 2.75) is 6.92 Å². The zero-order chi connectivity index (χ0) is 18.5. The van der Waals surface area contributed by atoms with Crippen LogP contribution in [-0.4, -0.2) is 38.8 Å². The molecule has 0 unspecified atom stereocenters. The van der Waals surface area contributed by atoms with Crippen molar-refractivity contribution in [1.82, 2.24) is 0 Å². The number of anilines is 1. The van der Waals surface area contributed by atoms with Gasteiger partial charge in [-0.1, -0.05) is 0 Å². The monoisotopic (exact) mass is 357 g/mol. The Balaban J connectivity index is 1.56. The minimum absolute atomic E-state index is 0.387. The van der Waals surface area contributed by atoms with E-state index in [1.807, 2.05) is 0 Å². The highest BCUT2D eigenvalue weighted by molar-refractivity contribution is 5.96. The molecule has 0 aliphatic carbocycles. The van der Waals surface area contributed by atoms with Gasteiger partial charge in [-0.05, 0) is 42.8 Å². The molecule has 2 aromatic carbocycles. The number of benzene rings is 2. The fourth-order valence-electron chi connectivity index (χ4n) is 2.52. The number of carbonyl (C=O) groups excluding carboxylic acids is 2. The van der Waals surface area contributed by atoms with Crippen LogP contribution >= 0.6 is 0 Å². The maximum atomic E-state index is 12.1. The van der Waals surface area contributed by atoms with Gasteiger partial charge in [0.1, 0.15) is 19.0 Å². The SMILES string of the molecule is COc1ccc(C(=O)OCC(=O)Nc2ccc3c(c2)OCCO3)c(C)c1. The summed E-state index contributed by atoms with van der Waals surface area (Å²) in [6.45, 7) is 2.34. The highest BCUT2D eigenvalue weighted by Crippen LogP contribution is 2.32. The van der Waals surface area contributed by atoms with E-state index in [4.69, 9.17) is 18.9 Å². The third kappa shape index (κ3) is 4.05. The van der Waals surface area contributed by atoms with Gasteiger partial charge in [0.15, 0.2) is 18.1 Å². The lowest BCUT2D eigenvalue weighted by Crippen LogP contribution is -2.21. The van der Waals surface area contributed by atoms with E-state index in [-0.39, 0.29) is 0 Å². The fourth-order valence-corrected chi connectivity index (χ4v) is 2.52. The molecule has 0 atom stereocenters. The second kappa shape index (κ2) is 7.77. The second-order valence-electron chi connectivity index (χ2n) is 5.66. The average Bonchev–Trinajstić information content (AvgIpc) is 2.66. The Hall–Kier alpha value is -3.22. The number of hydrogen-bond donors (Lipinski definition) is 1. The molecule has 7 nitrogen and oxygen atoms in total. The van der Waals surface area contributed by atoms with Gasteiger partial charge in [0.05, 0.1) is 12.7 Å². The van der Waals surface area contributed by atoms with E-state index >= 15 is 0 Å². The van der Waals surface area contributed by atoms with Crippen LogP contribution in [0, 0.1) is 6.92 Å². The van der Waals surface area contributed by atoms with Gasteiger partial charge in [0.25, 0.3) is 5.91 Å².